The third-order valence-electron chi connectivity index (χ3n) is 0.677. The minimum Gasteiger partial charge on any atom is -0.101 e. The first kappa shape index (κ1) is 7.68. The number of hydrogen-bond donors (Lipinski definition) is 0. The monoisotopic (exact) mass is 114 g/mol. The quantitative estimate of drug-likeness (QED) is 0.356. The molecular weight excluding hydrogens is 108 g/mol. The van der Waals surface area contributed by atoms with Crippen molar-refractivity contribution in [2.75, 3.05) is 0 Å². The van der Waals surface area contributed by atoms with Gasteiger partial charge in [0.1, 0.15) is 0 Å². The molecule has 0 aromatic rings. The zero-order valence-electron chi connectivity index (χ0n) is 5.12. The zero-order chi connectivity index (χ0) is 6.95. The van der Waals surface area contributed by atoms with Crippen LogP contribution in [0.25, 0.3) is 0 Å². The van der Waals surface area contributed by atoms with Gasteiger partial charge in [-0.3, -0.25) is 0 Å². The van der Waals surface area contributed by atoms with Gasteiger partial charge in [0.05, 0.1) is 6.42 Å². The van der Waals surface area contributed by atoms with Gasteiger partial charge in [0.15, 0.2) is 0 Å². The Labute approximate surface area is 56.7 Å². The first-order valence-corrected chi connectivity index (χ1v) is 2.66. The highest BCUT2D eigenvalue weighted by Gasteiger charge is 1.70. The van der Waals surface area contributed by atoms with E-state index in [1.165, 1.54) is 0 Å². The Balaban J connectivity index is 3.21. The van der Waals surface area contributed by atoms with Gasteiger partial charge < -0.3 is 0 Å². The van der Waals surface area contributed by atoms with E-state index in [1.807, 2.05) is 0 Å². The summed E-state index contributed by atoms with van der Waals surface area (Å²) in [7, 11) is 0. The summed E-state index contributed by atoms with van der Waals surface area (Å²) in [6.07, 6.45) is 14.7. The van der Waals surface area contributed by atoms with Gasteiger partial charge in [-0.05, 0) is 12.8 Å². The molecule has 0 bridgehead atoms. The second-order valence-electron chi connectivity index (χ2n) is 1.38. The molecule has 9 heavy (non-hydrogen) atoms. The summed E-state index contributed by atoms with van der Waals surface area (Å²) < 4.78 is 0. The van der Waals surface area contributed by atoms with Crippen LogP contribution in [0, 0.1) is 36.5 Å². The fourth-order valence-corrected chi connectivity index (χ4v) is 0.320. The van der Waals surface area contributed by atoms with Crippen molar-refractivity contribution in [2.45, 2.75) is 19.3 Å². The molecular formula is C9H6. The van der Waals surface area contributed by atoms with Crippen molar-refractivity contribution in [3.05, 3.63) is 12.8 Å². The molecule has 0 spiro atoms. The normalized spacial score (nSPS) is 6.00. The van der Waals surface area contributed by atoms with Crippen molar-refractivity contribution in [1.82, 2.24) is 0 Å². The summed E-state index contributed by atoms with van der Waals surface area (Å²) in [4.78, 5) is 0. The lowest BCUT2D eigenvalue weighted by Crippen LogP contribution is -1.63. The van der Waals surface area contributed by atoms with Crippen LogP contribution in [0.4, 0.5) is 0 Å². The van der Waals surface area contributed by atoms with Gasteiger partial charge >= 0.3 is 0 Å². The van der Waals surface area contributed by atoms with Crippen LogP contribution in [0.1, 0.15) is 19.3 Å². The molecule has 0 saturated heterocycles. The molecule has 42 valence electrons. The summed E-state index contributed by atoms with van der Waals surface area (Å²) in [5.41, 5.74) is 0. The number of hydrogen-bond acceptors (Lipinski definition) is 0. The molecule has 2 radical (unpaired) electrons. The van der Waals surface area contributed by atoms with Crippen molar-refractivity contribution in [2.24, 2.45) is 0 Å². The fraction of sp³-hybridized carbons (Fsp3) is 0.333. The third-order valence-corrected chi connectivity index (χ3v) is 0.677. The van der Waals surface area contributed by atoms with Gasteiger partial charge in [0, 0.05) is 12.8 Å². The third kappa shape index (κ3) is 6.68. The van der Waals surface area contributed by atoms with E-state index >= 15 is 0 Å². The van der Waals surface area contributed by atoms with Crippen LogP contribution in [0.5, 0.6) is 0 Å². The van der Waals surface area contributed by atoms with Crippen LogP contribution in [-0.2, 0) is 0 Å². The van der Waals surface area contributed by atoms with Crippen molar-refractivity contribution in [3.63, 3.8) is 0 Å². The Morgan fingerprint density at radius 2 is 1.67 bits per heavy atom. The van der Waals surface area contributed by atoms with Crippen molar-refractivity contribution in [3.8, 4) is 23.7 Å². The average Bonchev–Trinajstić information content (AvgIpc) is 1.89. The minimum atomic E-state index is 0.401. The molecule has 0 nitrogen and oxygen atoms in total. The second-order valence-corrected chi connectivity index (χ2v) is 1.38. The average molecular weight is 114 g/mol. The first-order valence-electron chi connectivity index (χ1n) is 2.66. The molecule has 0 unspecified atom stereocenters. The Morgan fingerprint density at radius 1 is 0.889 bits per heavy atom. The first-order chi connectivity index (χ1) is 4.41. The molecule has 0 aromatic heterocycles. The standard InChI is InChI=1S/C9H6/c1-3-5-7-9-8-6-4-2/h5-7H2. The van der Waals surface area contributed by atoms with Gasteiger partial charge in [-0.15, -0.1) is 5.92 Å². The molecule has 0 heteroatoms. The molecule has 0 N–H and O–H groups in total. The smallest absolute Gasteiger partial charge is 0.0712 e. The Morgan fingerprint density at radius 3 is 2.22 bits per heavy atom. The summed E-state index contributed by atoms with van der Waals surface area (Å²) in [5.74, 6) is 9.85. The molecule has 0 aliphatic heterocycles. The van der Waals surface area contributed by atoms with Crippen molar-refractivity contribution >= 4 is 0 Å². The molecule has 0 aliphatic carbocycles. The van der Waals surface area contributed by atoms with Crippen LogP contribution in [0.2, 0.25) is 0 Å². The van der Waals surface area contributed by atoms with E-state index < -0.39 is 0 Å². The maximum Gasteiger partial charge on any atom is 0.0712 e. The van der Waals surface area contributed by atoms with Crippen LogP contribution >= 0.6 is 0 Å². The molecule has 0 atom stereocenters. The topological polar surface area (TPSA) is 0 Å². The second kappa shape index (κ2) is 6.68. The van der Waals surface area contributed by atoms with E-state index in [0.29, 0.717) is 19.3 Å². The fourth-order valence-electron chi connectivity index (χ4n) is 0.320. The lowest BCUT2D eigenvalue weighted by atomic mass is 10.3. The lowest BCUT2D eigenvalue weighted by molar-refractivity contribution is 1.12. The Hall–Kier alpha value is -1.32. The van der Waals surface area contributed by atoms with E-state index in [0.717, 1.165) is 0 Å². The van der Waals surface area contributed by atoms with E-state index in [4.69, 9.17) is 12.8 Å². The van der Waals surface area contributed by atoms with E-state index in [-0.39, 0.29) is 0 Å². The summed E-state index contributed by atoms with van der Waals surface area (Å²) in [5, 5.41) is 0. The highest BCUT2D eigenvalue weighted by Crippen LogP contribution is 1.81. The largest absolute Gasteiger partial charge is 0.101 e. The van der Waals surface area contributed by atoms with E-state index in [1.54, 1.807) is 0 Å². The predicted octanol–water partition coefficient (Wildman–Crippen LogP) is 1.34. The SMILES string of the molecule is [C]#CCC#CCCC#[C]. The minimum absolute atomic E-state index is 0.401. The highest BCUT2D eigenvalue weighted by atomic mass is 13.7. The van der Waals surface area contributed by atoms with E-state index in [9.17, 15) is 0 Å². The summed E-state index contributed by atoms with van der Waals surface area (Å²) >= 11 is 0. The van der Waals surface area contributed by atoms with Crippen LogP contribution in [0.15, 0.2) is 0 Å². The molecule has 0 heterocycles. The summed E-state index contributed by atoms with van der Waals surface area (Å²) in [6, 6.07) is 0. The van der Waals surface area contributed by atoms with Gasteiger partial charge in [-0.25, -0.2) is 0 Å². The molecule has 0 aliphatic rings. The van der Waals surface area contributed by atoms with Crippen molar-refractivity contribution in [1.29, 1.82) is 0 Å². The predicted molar refractivity (Wildman–Crippen MR) is 35.9 cm³/mol. The Bertz CT molecular complexity index is 187. The van der Waals surface area contributed by atoms with Gasteiger partial charge in [0.25, 0.3) is 0 Å². The highest BCUT2D eigenvalue weighted by molar-refractivity contribution is 5.06. The summed E-state index contributed by atoms with van der Waals surface area (Å²) in [6.45, 7) is 0. The van der Waals surface area contributed by atoms with Crippen LogP contribution in [-0.4, -0.2) is 0 Å². The zero-order valence-corrected chi connectivity index (χ0v) is 5.12. The number of unbranched alkanes of at least 4 members (excludes halogenated alkanes) is 1. The molecule has 0 rings (SSSR count). The lowest BCUT2D eigenvalue weighted by Gasteiger charge is -1.74. The van der Waals surface area contributed by atoms with Crippen LogP contribution < -0.4 is 0 Å². The Kier molecular flexibility index (Phi) is 5.70. The van der Waals surface area contributed by atoms with Crippen molar-refractivity contribution < 1.29 is 0 Å². The molecule has 0 fully saturated rings. The molecule has 0 saturated carbocycles. The maximum absolute atomic E-state index is 6.51. The van der Waals surface area contributed by atoms with Crippen LogP contribution in [0.3, 0.4) is 0 Å². The van der Waals surface area contributed by atoms with Gasteiger partial charge in [0.2, 0.25) is 0 Å². The molecule has 0 aromatic carbocycles. The van der Waals surface area contributed by atoms with Gasteiger partial charge in [-0.1, -0.05) is 17.8 Å². The molecule has 0 amide bonds. The maximum atomic E-state index is 6.51. The van der Waals surface area contributed by atoms with E-state index in [2.05, 4.69) is 23.7 Å². The van der Waals surface area contributed by atoms with Gasteiger partial charge in [-0.2, -0.15) is 0 Å². The number of rotatable bonds is 1.